The van der Waals surface area contributed by atoms with Crippen molar-refractivity contribution in [1.29, 1.82) is 0 Å². The summed E-state index contributed by atoms with van der Waals surface area (Å²) in [6, 6.07) is 0. The van der Waals surface area contributed by atoms with Crippen LogP contribution in [0.2, 0.25) is 5.02 Å². The molecule has 0 bridgehead atoms. The molecule has 0 unspecified atom stereocenters. The van der Waals surface area contributed by atoms with Gasteiger partial charge in [0.2, 0.25) is 5.88 Å². The molecule has 0 saturated heterocycles. The van der Waals surface area contributed by atoms with Crippen LogP contribution in [0.4, 0.5) is 0 Å². The molecule has 1 heterocycles. The fourth-order valence-corrected chi connectivity index (χ4v) is 1.04. The largest absolute Gasteiger partial charge is 0.481 e. The van der Waals surface area contributed by atoms with Crippen LogP contribution >= 0.6 is 11.6 Å². The number of hydrogen-bond acceptors (Lipinski definition) is 2. The number of halogens is 1. The van der Waals surface area contributed by atoms with Crippen molar-refractivity contribution in [2.45, 2.75) is 13.8 Å². The fraction of sp³-hybridized carbons (Fsp3) is 0.375. The third-order valence-corrected chi connectivity index (χ3v) is 2.11. The Bertz CT molecular complexity index is 273. The van der Waals surface area contributed by atoms with Gasteiger partial charge in [0.25, 0.3) is 0 Å². The predicted molar refractivity (Wildman–Crippen MR) is 45.3 cm³/mol. The van der Waals surface area contributed by atoms with Crippen LogP contribution in [0.3, 0.4) is 0 Å². The van der Waals surface area contributed by atoms with Gasteiger partial charge in [0.1, 0.15) is 0 Å². The van der Waals surface area contributed by atoms with Gasteiger partial charge in [0.05, 0.1) is 12.1 Å². The fourth-order valence-electron chi connectivity index (χ4n) is 0.854. The molecule has 0 amide bonds. The summed E-state index contributed by atoms with van der Waals surface area (Å²) in [4.78, 5) is 4.00. The molecular formula is C8H10ClNO. The summed E-state index contributed by atoms with van der Waals surface area (Å²) in [5.74, 6) is 0.645. The molecule has 0 aliphatic rings. The topological polar surface area (TPSA) is 22.1 Å². The van der Waals surface area contributed by atoms with Gasteiger partial charge in [-0.2, -0.15) is 0 Å². The first-order chi connectivity index (χ1) is 5.16. The number of nitrogens with zero attached hydrogens (tertiary/aromatic N) is 1. The van der Waals surface area contributed by atoms with Gasteiger partial charge < -0.3 is 4.74 Å². The lowest BCUT2D eigenvalue weighted by Crippen LogP contribution is -1.93. The summed E-state index contributed by atoms with van der Waals surface area (Å²) < 4.78 is 5.01. The van der Waals surface area contributed by atoms with Gasteiger partial charge in [0.15, 0.2) is 0 Å². The van der Waals surface area contributed by atoms with Gasteiger partial charge in [-0.05, 0) is 19.4 Å². The van der Waals surface area contributed by atoms with E-state index in [0.717, 1.165) is 11.1 Å². The van der Waals surface area contributed by atoms with E-state index in [9.17, 15) is 0 Å². The van der Waals surface area contributed by atoms with Gasteiger partial charge in [0, 0.05) is 11.8 Å². The molecule has 1 rings (SSSR count). The SMILES string of the molecule is COc1ncc(Cl)c(C)c1C. The van der Waals surface area contributed by atoms with Crippen LogP contribution in [0.25, 0.3) is 0 Å². The van der Waals surface area contributed by atoms with Crippen LogP contribution in [0.1, 0.15) is 11.1 Å². The van der Waals surface area contributed by atoms with E-state index >= 15 is 0 Å². The Morgan fingerprint density at radius 3 is 2.55 bits per heavy atom. The molecule has 0 aromatic carbocycles. The summed E-state index contributed by atoms with van der Waals surface area (Å²) in [7, 11) is 1.60. The summed E-state index contributed by atoms with van der Waals surface area (Å²) >= 11 is 5.82. The van der Waals surface area contributed by atoms with Crippen molar-refractivity contribution in [1.82, 2.24) is 4.98 Å². The smallest absolute Gasteiger partial charge is 0.216 e. The standard InChI is InChI=1S/C8H10ClNO/c1-5-6(2)8(11-3)10-4-7(5)9/h4H,1-3H3. The molecule has 60 valence electrons. The Balaban J connectivity index is 3.25. The lowest BCUT2D eigenvalue weighted by molar-refractivity contribution is 0.394. The predicted octanol–water partition coefficient (Wildman–Crippen LogP) is 2.36. The highest BCUT2D eigenvalue weighted by atomic mass is 35.5. The highest BCUT2D eigenvalue weighted by molar-refractivity contribution is 6.31. The molecule has 0 radical (unpaired) electrons. The van der Waals surface area contributed by atoms with Crippen LogP contribution in [0.15, 0.2) is 6.20 Å². The highest BCUT2D eigenvalue weighted by Crippen LogP contribution is 2.23. The maximum Gasteiger partial charge on any atom is 0.216 e. The summed E-state index contributed by atoms with van der Waals surface area (Å²) in [5, 5.41) is 0.684. The number of aromatic nitrogens is 1. The van der Waals surface area contributed by atoms with Gasteiger partial charge in [-0.1, -0.05) is 11.6 Å². The minimum atomic E-state index is 0.645. The average Bonchev–Trinajstić information content (AvgIpc) is 2.01. The lowest BCUT2D eigenvalue weighted by Gasteiger charge is -2.06. The minimum absolute atomic E-state index is 0.645. The zero-order chi connectivity index (χ0) is 8.43. The molecule has 2 nitrogen and oxygen atoms in total. The van der Waals surface area contributed by atoms with E-state index < -0.39 is 0 Å². The van der Waals surface area contributed by atoms with Gasteiger partial charge >= 0.3 is 0 Å². The van der Waals surface area contributed by atoms with Gasteiger partial charge in [-0.15, -0.1) is 0 Å². The molecule has 0 saturated carbocycles. The Labute approximate surface area is 71.2 Å². The normalized spacial score (nSPS) is 9.82. The molecule has 0 fully saturated rings. The number of pyridine rings is 1. The van der Waals surface area contributed by atoms with E-state index in [1.165, 1.54) is 0 Å². The van der Waals surface area contributed by atoms with Gasteiger partial charge in [-0.3, -0.25) is 0 Å². The van der Waals surface area contributed by atoms with Crippen LogP contribution in [-0.2, 0) is 0 Å². The van der Waals surface area contributed by atoms with Crippen molar-refractivity contribution in [3.8, 4) is 5.88 Å². The lowest BCUT2D eigenvalue weighted by atomic mass is 10.2. The summed E-state index contributed by atoms with van der Waals surface area (Å²) in [6.07, 6.45) is 1.60. The van der Waals surface area contributed by atoms with Crippen molar-refractivity contribution in [2.24, 2.45) is 0 Å². The van der Waals surface area contributed by atoms with Crippen LogP contribution in [0, 0.1) is 13.8 Å². The second-order valence-corrected chi connectivity index (χ2v) is 2.77. The maximum absolute atomic E-state index is 5.82. The third-order valence-electron chi connectivity index (χ3n) is 1.73. The Morgan fingerprint density at radius 1 is 1.36 bits per heavy atom. The Morgan fingerprint density at radius 2 is 2.00 bits per heavy atom. The molecular weight excluding hydrogens is 162 g/mol. The first-order valence-corrected chi connectivity index (χ1v) is 3.70. The van der Waals surface area contributed by atoms with E-state index in [2.05, 4.69) is 4.98 Å². The molecule has 0 atom stereocenters. The molecule has 1 aromatic rings. The van der Waals surface area contributed by atoms with E-state index in [-0.39, 0.29) is 0 Å². The second kappa shape index (κ2) is 3.09. The van der Waals surface area contributed by atoms with E-state index in [1.807, 2.05) is 13.8 Å². The maximum atomic E-state index is 5.82. The third kappa shape index (κ3) is 1.46. The van der Waals surface area contributed by atoms with E-state index in [4.69, 9.17) is 16.3 Å². The molecule has 0 aliphatic carbocycles. The van der Waals surface area contributed by atoms with Crippen LogP contribution in [0.5, 0.6) is 5.88 Å². The number of rotatable bonds is 1. The zero-order valence-electron chi connectivity index (χ0n) is 6.81. The average molecular weight is 172 g/mol. The molecule has 1 aromatic heterocycles. The molecule has 0 aliphatic heterocycles. The highest BCUT2D eigenvalue weighted by Gasteiger charge is 2.04. The number of methoxy groups -OCH3 is 1. The van der Waals surface area contributed by atoms with Crippen LogP contribution < -0.4 is 4.74 Å². The second-order valence-electron chi connectivity index (χ2n) is 2.37. The molecule has 11 heavy (non-hydrogen) atoms. The first kappa shape index (κ1) is 8.34. The monoisotopic (exact) mass is 171 g/mol. The van der Waals surface area contributed by atoms with Crippen molar-refractivity contribution in [3.05, 3.63) is 22.3 Å². The van der Waals surface area contributed by atoms with Crippen molar-refractivity contribution in [2.75, 3.05) is 7.11 Å². The number of ether oxygens (including phenoxy) is 1. The first-order valence-electron chi connectivity index (χ1n) is 3.32. The van der Waals surface area contributed by atoms with Crippen molar-refractivity contribution in [3.63, 3.8) is 0 Å². The summed E-state index contributed by atoms with van der Waals surface area (Å²) in [5.41, 5.74) is 2.03. The van der Waals surface area contributed by atoms with E-state index in [1.54, 1.807) is 13.3 Å². The van der Waals surface area contributed by atoms with E-state index in [0.29, 0.717) is 10.9 Å². The quantitative estimate of drug-likeness (QED) is 0.647. The molecule has 0 spiro atoms. The Hall–Kier alpha value is -0.760. The van der Waals surface area contributed by atoms with Gasteiger partial charge in [-0.25, -0.2) is 4.98 Å². The van der Waals surface area contributed by atoms with Crippen molar-refractivity contribution >= 4 is 11.6 Å². The Kier molecular flexibility index (Phi) is 2.35. The minimum Gasteiger partial charge on any atom is -0.481 e. The summed E-state index contributed by atoms with van der Waals surface area (Å²) in [6.45, 7) is 3.88. The molecule has 0 N–H and O–H groups in total. The number of hydrogen-bond donors (Lipinski definition) is 0. The van der Waals surface area contributed by atoms with Crippen molar-refractivity contribution < 1.29 is 4.74 Å². The van der Waals surface area contributed by atoms with Crippen LogP contribution in [-0.4, -0.2) is 12.1 Å². The molecule has 3 heteroatoms. The zero-order valence-corrected chi connectivity index (χ0v) is 7.57.